The van der Waals surface area contributed by atoms with Gasteiger partial charge in [-0.3, -0.25) is 9.59 Å². The lowest BCUT2D eigenvalue weighted by Crippen LogP contribution is -2.40. The molecule has 4 rings (SSSR count). The van der Waals surface area contributed by atoms with Gasteiger partial charge >= 0.3 is 0 Å². The summed E-state index contributed by atoms with van der Waals surface area (Å²) in [4.78, 5) is 30.5. The van der Waals surface area contributed by atoms with Crippen LogP contribution in [-0.2, 0) is 22.5 Å². The van der Waals surface area contributed by atoms with Crippen LogP contribution in [-0.4, -0.2) is 42.2 Å². The Labute approximate surface area is 175 Å². The number of pyridine rings is 1. The smallest absolute Gasteiger partial charge is 0.253 e. The SMILES string of the molecule is COc1ccc2[nH]c(=O)c(CN(CCc3ccccc3)C(=O)[C@H]3CCCO3)cc2c1. The van der Waals surface area contributed by atoms with E-state index in [1.165, 1.54) is 0 Å². The van der Waals surface area contributed by atoms with Crippen molar-refractivity contribution in [1.82, 2.24) is 9.88 Å². The van der Waals surface area contributed by atoms with Crippen LogP contribution < -0.4 is 10.3 Å². The Balaban J connectivity index is 1.60. The fraction of sp³-hybridized carbons (Fsp3) is 0.333. The molecule has 1 N–H and O–H groups in total. The first kappa shape index (κ1) is 20.2. The van der Waals surface area contributed by atoms with Gasteiger partial charge in [0.1, 0.15) is 11.9 Å². The number of nitrogens with one attached hydrogen (secondary N) is 1. The number of benzene rings is 2. The van der Waals surface area contributed by atoms with Crippen molar-refractivity contribution >= 4 is 16.8 Å². The van der Waals surface area contributed by atoms with Crippen LogP contribution in [0.15, 0.2) is 59.4 Å². The van der Waals surface area contributed by atoms with Crippen molar-refractivity contribution in [2.45, 2.75) is 31.9 Å². The summed E-state index contributed by atoms with van der Waals surface area (Å²) in [5.74, 6) is 0.672. The van der Waals surface area contributed by atoms with Gasteiger partial charge in [-0.05, 0) is 49.1 Å². The van der Waals surface area contributed by atoms with E-state index in [4.69, 9.17) is 9.47 Å². The highest BCUT2D eigenvalue weighted by atomic mass is 16.5. The molecule has 0 aliphatic carbocycles. The molecule has 156 valence electrons. The van der Waals surface area contributed by atoms with Gasteiger partial charge < -0.3 is 19.4 Å². The van der Waals surface area contributed by atoms with Crippen molar-refractivity contribution in [3.63, 3.8) is 0 Å². The molecule has 0 radical (unpaired) electrons. The number of hydrogen-bond donors (Lipinski definition) is 1. The van der Waals surface area contributed by atoms with Gasteiger partial charge in [0.2, 0.25) is 0 Å². The summed E-state index contributed by atoms with van der Waals surface area (Å²) >= 11 is 0. The molecule has 1 aliphatic heterocycles. The fourth-order valence-electron chi connectivity index (χ4n) is 3.83. The van der Waals surface area contributed by atoms with Crippen molar-refractivity contribution in [2.24, 2.45) is 0 Å². The Kier molecular flexibility index (Phi) is 6.14. The molecule has 2 heterocycles. The minimum absolute atomic E-state index is 0.0476. The first-order chi connectivity index (χ1) is 14.6. The van der Waals surface area contributed by atoms with Crippen molar-refractivity contribution in [1.29, 1.82) is 0 Å². The number of carbonyl (C=O) groups is 1. The summed E-state index contributed by atoms with van der Waals surface area (Å²) in [7, 11) is 1.61. The van der Waals surface area contributed by atoms with Gasteiger partial charge in [0.05, 0.1) is 13.7 Å². The molecule has 0 unspecified atom stereocenters. The molecule has 0 bridgehead atoms. The Morgan fingerprint density at radius 2 is 2.03 bits per heavy atom. The quantitative estimate of drug-likeness (QED) is 0.654. The summed E-state index contributed by atoms with van der Waals surface area (Å²) < 4.78 is 10.9. The molecular formula is C24H26N2O4. The highest BCUT2D eigenvalue weighted by molar-refractivity contribution is 5.82. The van der Waals surface area contributed by atoms with Gasteiger partial charge in [0.15, 0.2) is 0 Å². The standard InChI is InChI=1S/C24H26N2O4/c1-29-20-9-10-21-18(15-20)14-19(23(27)25-21)16-26(24(28)22-8-5-13-30-22)12-11-17-6-3-2-4-7-17/h2-4,6-7,9-10,14-15,22H,5,8,11-13,16H2,1H3,(H,25,27)/t22-/m1/s1. The van der Waals surface area contributed by atoms with Gasteiger partial charge in [-0.2, -0.15) is 0 Å². The van der Waals surface area contributed by atoms with Gasteiger partial charge in [-0.15, -0.1) is 0 Å². The molecule has 1 amide bonds. The van der Waals surface area contributed by atoms with E-state index in [0.29, 0.717) is 18.7 Å². The van der Waals surface area contributed by atoms with Gasteiger partial charge in [-0.25, -0.2) is 0 Å². The van der Waals surface area contributed by atoms with Crippen LogP contribution in [0.3, 0.4) is 0 Å². The zero-order valence-electron chi connectivity index (χ0n) is 17.1. The summed E-state index contributed by atoms with van der Waals surface area (Å²) in [6, 6.07) is 17.4. The van der Waals surface area contributed by atoms with E-state index in [0.717, 1.165) is 41.5 Å². The average Bonchev–Trinajstić information content (AvgIpc) is 3.32. The number of aromatic nitrogens is 1. The maximum atomic E-state index is 13.1. The Morgan fingerprint density at radius 3 is 2.77 bits per heavy atom. The number of H-pyrrole nitrogens is 1. The molecule has 1 saturated heterocycles. The van der Waals surface area contributed by atoms with Crippen LogP contribution in [0.1, 0.15) is 24.0 Å². The molecule has 0 spiro atoms. The summed E-state index contributed by atoms with van der Waals surface area (Å²) in [5.41, 5.74) is 2.26. The van der Waals surface area contributed by atoms with Gasteiger partial charge in [0.25, 0.3) is 11.5 Å². The zero-order valence-corrected chi connectivity index (χ0v) is 17.1. The highest BCUT2D eigenvalue weighted by Crippen LogP contribution is 2.20. The molecular weight excluding hydrogens is 380 g/mol. The van der Waals surface area contributed by atoms with E-state index in [1.54, 1.807) is 12.0 Å². The lowest BCUT2D eigenvalue weighted by Gasteiger charge is -2.25. The van der Waals surface area contributed by atoms with Crippen molar-refractivity contribution in [3.05, 3.63) is 76.1 Å². The van der Waals surface area contributed by atoms with Crippen molar-refractivity contribution in [2.75, 3.05) is 20.3 Å². The number of hydrogen-bond acceptors (Lipinski definition) is 4. The fourth-order valence-corrected chi connectivity index (χ4v) is 3.83. The third-order valence-corrected chi connectivity index (χ3v) is 5.52. The number of ether oxygens (including phenoxy) is 2. The molecule has 30 heavy (non-hydrogen) atoms. The summed E-state index contributed by atoms with van der Waals surface area (Å²) in [5, 5.41) is 0.872. The van der Waals surface area contributed by atoms with Crippen LogP contribution in [0.5, 0.6) is 5.75 Å². The lowest BCUT2D eigenvalue weighted by atomic mass is 10.1. The van der Waals surface area contributed by atoms with E-state index in [-0.39, 0.29) is 18.0 Å². The van der Waals surface area contributed by atoms with Gasteiger partial charge in [0, 0.05) is 29.6 Å². The molecule has 1 atom stereocenters. The maximum Gasteiger partial charge on any atom is 0.253 e. The number of nitrogens with zero attached hydrogens (tertiary/aromatic N) is 1. The number of amides is 1. The van der Waals surface area contributed by atoms with Crippen LogP contribution in [0.2, 0.25) is 0 Å². The predicted molar refractivity (Wildman–Crippen MR) is 116 cm³/mol. The molecule has 0 saturated carbocycles. The first-order valence-electron chi connectivity index (χ1n) is 10.3. The van der Waals surface area contributed by atoms with Crippen LogP contribution in [0.25, 0.3) is 10.9 Å². The lowest BCUT2D eigenvalue weighted by molar-refractivity contribution is -0.141. The maximum absolute atomic E-state index is 13.1. The van der Waals surface area contributed by atoms with E-state index in [9.17, 15) is 9.59 Å². The average molecular weight is 406 g/mol. The van der Waals surface area contributed by atoms with Crippen molar-refractivity contribution < 1.29 is 14.3 Å². The minimum atomic E-state index is -0.416. The number of fused-ring (bicyclic) bond motifs is 1. The van der Waals surface area contributed by atoms with Gasteiger partial charge in [-0.1, -0.05) is 30.3 Å². The number of rotatable bonds is 7. The second kappa shape index (κ2) is 9.13. The summed E-state index contributed by atoms with van der Waals surface area (Å²) in [6.45, 7) is 1.38. The van der Waals surface area contributed by atoms with E-state index >= 15 is 0 Å². The monoisotopic (exact) mass is 406 g/mol. The topological polar surface area (TPSA) is 71.6 Å². The van der Waals surface area contributed by atoms with Crippen LogP contribution >= 0.6 is 0 Å². The molecule has 1 aromatic heterocycles. The van der Waals surface area contributed by atoms with E-state index in [1.807, 2.05) is 54.6 Å². The molecule has 1 fully saturated rings. The number of aromatic amines is 1. The number of carbonyl (C=O) groups excluding carboxylic acids is 1. The highest BCUT2D eigenvalue weighted by Gasteiger charge is 2.28. The third kappa shape index (κ3) is 4.54. The Morgan fingerprint density at radius 1 is 1.20 bits per heavy atom. The van der Waals surface area contributed by atoms with E-state index < -0.39 is 6.10 Å². The summed E-state index contributed by atoms with van der Waals surface area (Å²) in [6.07, 6.45) is 1.92. The molecule has 3 aromatic rings. The second-order valence-corrected chi connectivity index (χ2v) is 7.57. The predicted octanol–water partition coefficient (Wildman–Crippen LogP) is 3.29. The molecule has 1 aliphatic rings. The molecule has 6 nitrogen and oxygen atoms in total. The molecule has 6 heteroatoms. The molecule has 2 aromatic carbocycles. The zero-order chi connectivity index (χ0) is 20.9. The Bertz CT molecular complexity index is 1070. The largest absolute Gasteiger partial charge is 0.497 e. The minimum Gasteiger partial charge on any atom is -0.497 e. The Hall–Kier alpha value is -3.12. The van der Waals surface area contributed by atoms with Crippen LogP contribution in [0, 0.1) is 0 Å². The van der Waals surface area contributed by atoms with Crippen LogP contribution in [0.4, 0.5) is 0 Å². The number of methoxy groups -OCH3 is 1. The van der Waals surface area contributed by atoms with E-state index in [2.05, 4.69) is 4.98 Å². The first-order valence-corrected chi connectivity index (χ1v) is 10.3. The van der Waals surface area contributed by atoms with Crippen molar-refractivity contribution in [3.8, 4) is 5.75 Å². The third-order valence-electron chi connectivity index (χ3n) is 5.52. The second-order valence-electron chi connectivity index (χ2n) is 7.57. The normalized spacial score (nSPS) is 16.0.